The predicted molar refractivity (Wildman–Crippen MR) is 105 cm³/mol. The maximum atomic E-state index is 12.0. The summed E-state index contributed by atoms with van der Waals surface area (Å²) >= 11 is 0. The molecule has 2 rings (SSSR count). The minimum Gasteiger partial charge on any atom is -0.356 e. The van der Waals surface area contributed by atoms with E-state index in [1.165, 1.54) is 6.42 Å². The molecule has 1 saturated heterocycles. The largest absolute Gasteiger partial charge is 0.356 e. The first-order chi connectivity index (χ1) is 10.5. The van der Waals surface area contributed by atoms with Crippen LogP contribution in [0.4, 0.5) is 0 Å². The molecule has 0 radical (unpaired) electrons. The van der Waals surface area contributed by atoms with Gasteiger partial charge in [-0.1, -0.05) is 44.2 Å². The lowest BCUT2D eigenvalue weighted by atomic mass is 10.0. The maximum absolute atomic E-state index is 12.0. The van der Waals surface area contributed by atoms with Gasteiger partial charge in [-0.3, -0.25) is 4.79 Å². The van der Waals surface area contributed by atoms with E-state index in [0.29, 0.717) is 18.3 Å². The molecule has 1 aromatic carbocycles. The second-order valence-corrected chi connectivity index (χ2v) is 6.83. The molecule has 1 amide bonds. The van der Waals surface area contributed by atoms with Gasteiger partial charge in [-0.05, 0) is 30.4 Å². The molecule has 0 aliphatic carbocycles. The topological polar surface area (TPSA) is 58.4 Å². The Morgan fingerprint density at radius 3 is 2.58 bits per heavy atom. The van der Waals surface area contributed by atoms with Crippen LogP contribution < -0.4 is 11.1 Å². The predicted octanol–water partition coefficient (Wildman–Crippen LogP) is 3.01. The number of halogens is 2. The third kappa shape index (κ3) is 7.84. The smallest absolute Gasteiger partial charge is 0.221 e. The van der Waals surface area contributed by atoms with Crippen LogP contribution in [0.3, 0.4) is 0 Å². The summed E-state index contributed by atoms with van der Waals surface area (Å²) in [7, 11) is 0. The monoisotopic (exact) mass is 375 g/mol. The molecule has 1 aliphatic heterocycles. The van der Waals surface area contributed by atoms with Gasteiger partial charge < -0.3 is 16.0 Å². The van der Waals surface area contributed by atoms with Crippen LogP contribution in [0.15, 0.2) is 30.3 Å². The first kappa shape index (κ1) is 23.2. The maximum Gasteiger partial charge on any atom is 0.221 e. The van der Waals surface area contributed by atoms with E-state index in [-0.39, 0.29) is 36.8 Å². The normalized spacial score (nSPS) is 18.6. The number of nitrogens with two attached hydrogens (primary N) is 1. The molecule has 0 saturated carbocycles. The number of nitrogens with zero attached hydrogens (tertiary/aromatic N) is 1. The van der Waals surface area contributed by atoms with Crippen LogP contribution in [0.2, 0.25) is 0 Å². The van der Waals surface area contributed by atoms with Gasteiger partial charge in [0, 0.05) is 32.1 Å². The highest BCUT2D eigenvalue weighted by Crippen LogP contribution is 2.17. The van der Waals surface area contributed by atoms with E-state index >= 15 is 0 Å². The molecule has 1 fully saturated rings. The number of carbonyl (C=O) groups excluding carboxylic acids is 1. The number of carbonyl (C=O) groups is 1. The fraction of sp³-hybridized carbons (Fsp3) is 0.611. The zero-order valence-electron chi connectivity index (χ0n) is 14.6. The molecule has 2 atom stereocenters. The van der Waals surface area contributed by atoms with Crippen molar-refractivity contribution in [1.82, 2.24) is 10.2 Å². The van der Waals surface area contributed by atoms with E-state index in [9.17, 15) is 4.79 Å². The van der Waals surface area contributed by atoms with Crippen LogP contribution in [0, 0.1) is 11.8 Å². The van der Waals surface area contributed by atoms with Crippen molar-refractivity contribution in [3.8, 4) is 0 Å². The summed E-state index contributed by atoms with van der Waals surface area (Å²) in [5, 5.41) is 3.05. The molecule has 1 aliphatic rings. The molecule has 138 valence electrons. The number of nitrogens with one attached hydrogen (secondary N) is 1. The molecule has 2 unspecified atom stereocenters. The van der Waals surface area contributed by atoms with E-state index in [1.54, 1.807) is 0 Å². The molecular weight excluding hydrogens is 345 g/mol. The molecule has 1 aromatic rings. The average Bonchev–Trinajstić information content (AvgIpc) is 2.93. The number of benzene rings is 1. The second kappa shape index (κ2) is 11.7. The van der Waals surface area contributed by atoms with Gasteiger partial charge in [0.2, 0.25) is 5.91 Å². The number of hydrogen-bond acceptors (Lipinski definition) is 3. The summed E-state index contributed by atoms with van der Waals surface area (Å²) in [6.45, 7) is 8.68. The summed E-state index contributed by atoms with van der Waals surface area (Å²) in [5.74, 6) is 1.34. The Morgan fingerprint density at radius 2 is 1.96 bits per heavy atom. The van der Waals surface area contributed by atoms with Gasteiger partial charge in [0.15, 0.2) is 0 Å². The van der Waals surface area contributed by atoms with Crippen molar-refractivity contribution in [3.63, 3.8) is 0 Å². The Hall–Kier alpha value is -0.810. The molecule has 6 heteroatoms. The minimum absolute atomic E-state index is 0. The van der Waals surface area contributed by atoms with Crippen LogP contribution in [0.1, 0.15) is 38.3 Å². The van der Waals surface area contributed by atoms with Crippen molar-refractivity contribution in [3.05, 3.63) is 35.9 Å². The standard InChI is InChI=1S/C18H29N3O.2ClH/c1-14(2)12-21-9-8-15(13-21)11-20-18(22)10-17(19)16-6-4-3-5-7-16;;/h3-7,14-15,17H,8-13,19H2,1-2H3,(H,20,22);2*1H. The van der Waals surface area contributed by atoms with Gasteiger partial charge in [-0.25, -0.2) is 0 Å². The zero-order chi connectivity index (χ0) is 15.9. The first-order valence-corrected chi connectivity index (χ1v) is 8.34. The number of amides is 1. The summed E-state index contributed by atoms with van der Waals surface area (Å²) < 4.78 is 0. The van der Waals surface area contributed by atoms with Crippen LogP contribution in [0.5, 0.6) is 0 Å². The zero-order valence-corrected chi connectivity index (χ0v) is 16.2. The molecular formula is C18H31Cl2N3O. The average molecular weight is 376 g/mol. The van der Waals surface area contributed by atoms with Gasteiger partial charge in [0.05, 0.1) is 0 Å². The second-order valence-electron chi connectivity index (χ2n) is 6.83. The fourth-order valence-electron chi connectivity index (χ4n) is 3.11. The van der Waals surface area contributed by atoms with Gasteiger partial charge in [-0.2, -0.15) is 0 Å². The SMILES string of the molecule is CC(C)CN1CCC(CNC(=O)CC(N)c2ccccc2)C1.Cl.Cl. The molecule has 24 heavy (non-hydrogen) atoms. The fourth-order valence-corrected chi connectivity index (χ4v) is 3.11. The van der Waals surface area contributed by atoms with Gasteiger partial charge >= 0.3 is 0 Å². The summed E-state index contributed by atoms with van der Waals surface area (Å²) in [5.41, 5.74) is 7.10. The Kier molecular flexibility index (Phi) is 11.3. The summed E-state index contributed by atoms with van der Waals surface area (Å²) in [6.07, 6.45) is 1.53. The minimum atomic E-state index is -0.220. The lowest BCUT2D eigenvalue weighted by Gasteiger charge is -2.18. The highest BCUT2D eigenvalue weighted by molar-refractivity contribution is 5.85. The Labute approximate surface area is 158 Å². The van der Waals surface area contributed by atoms with Crippen molar-refractivity contribution in [2.24, 2.45) is 17.6 Å². The van der Waals surface area contributed by atoms with E-state index < -0.39 is 0 Å². The van der Waals surface area contributed by atoms with Crippen LogP contribution >= 0.6 is 24.8 Å². The lowest BCUT2D eigenvalue weighted by Crippen LogP contribution is -2.33. The summed E-state index contributed by atoms with van der Waals surface area (Å²) in [4.78, 5) is 14.5. The van der Waals surface area contributed by atoms with Crippen molar-refractivity contribution in [2.75, 3.05) is 26.2 Å². The lowest BCUT2D eigenvalue weighted by molar-refractivity contribution is -0.121. The van der Waals surface area contributed by atoms with E-state index in [1.807, 2.05) is 30.3 Å². The Morgan fingerprint density at radius 1 is 1.29 bits per heavy atom. The van der Waals surface area contributed by atoms with Gasteiger partial charge in [-0.15, -0.1) is 24.8 Å². The molecule has 1 heterocycles. The van der Waals surface area contributed by atoms with Crippen molar-refractivity contribution < 1.29 is 4.79 Å². The van der Waals surface area contributed by atoms with Crippen LogP contribution in [-0.2, 0) is 4.79 Å². The molecule has 3 N–H and O–H groups in total. The van der Waals surface area contributed by atoms with E-state index in [0.717, 1.165) is 31.7 Å². The molecule has 0 bridgehead atoms. The quantitative estimate of drug-likeness (QED) is 0.769. The third-order valence-electron chi connectivity index (χ3n) is 4.21. The molecule has 0 aromatic heterocycles. The highest BCUT2D eigenvalue weighted by atomic mass is 35.5. The van der Waals surface area contributed by atoms with Crippen LogP contribution in [0.25, 0.3) is 0 Å². The molecule has 0 spiro atoms. The van der Waals surface area contributed by atoms with Crippen LogP contribution in [-0.4, -0.2) is 37.0 Å². The van der Waals surface area contributed by atoms with Crippen molar-refractivity contribution in [1.29, 1.82) is 0 Å². The van der Waals surface area contributed by atoms with Crippen molar-refractivity contribution >= 4 is 30.7 Å². The summed E-state index contributed by atoms with van der Waals surface area (Å²) in [6, 6.07) is 9.59. The third-order valence-corrected chi connectivity index (χ3v) is 4.21. The number of rotatable bonds is 7. The van der Waals surface area contributed by atoms with Gasteiger partial charge in [0.25, 0.3) is 0 Å². The van der Waals surface area contributed by atoms with Gasteiger partial charge in [0.1, 0.15) is 0 Å². The van der Waals surface area contributed by atoms with Crippen molar-refractivity contribution in [2.45, 2.75) is 32.7 Å². The first-order valence-electron chi connectivity index (χ1n) is 8.34. The molecule has 4 nitrogen and oxygen atoms in total. The number of hydrogen-bond donors (Lipinski definition) is 2. The number of likely N-dealkylation sites (tertiary alicyclic amines) is 1. The Bertz CT molecular complexity index is 471. The van der Waals surface area contributed by atoms with E-state index in [4.69, 9.17) is 5.73 Å². The Balaban J connectivity index is 0.00000264. The highest BCUT2D eigenvalue weighted by Gasteiger charge is 2.23. The van der Waals surface area contributed by atoms with E-state index in [2.05, 4.69) is 24.1 Å².